The van der Waals surface area contributed by atoms with Gasteiger partial charge in [0.05, 0.1) is 17.0 Å². The van der Waals surface area contributed by atoms with Gasteiger partial charge in [-0.05, 0) is 34.6 Å². The van der Waals surface area contributed by atoms with Crippen LogP contribution in [-0.4, -0.2) is 39.3 Å². The van der Waals surface area contributed by atoms with Gasteiger partial charge in [0.2, 0.25) is 0 Å². The van der Waals surface area contributed by atoms with E-state index in [9.17, 15) is 0 Å². The third-order valence-corrected chi connectivity index (χ3v) is 1.97. The molecule has 102 valence electrons. The minimum Gasteiger partial charge on any atom is -0.514 e. The minimum absolute atomic E-state index is 0.253. The molecule has 0 unspecified atom stereocenters. The van der Waals surface area contributed by atoms with Gasteiger partial charge in [-0.2, -0.15) is 0 Å². The molecule has 0 fully saturated rings. The fourth-order valence-corrected chi connectivity index (χ4v) is 0.227. The average Bonchev–Trinajstić information content (AvgIpc) is 2.11. The van der Waals surface area contributed by atoms with Crippen LogP contribution in [0.4, 0.5) is 0 Å². The van der Waals surface area contributed by atoms with Gasteiger partial charge in [0.25, 0.3) is 0 Å². The highest BCUT2D eigenvalue weighted by atomic mass is 17.2. The summed E-state index contributed by atoms with van der Waals surface area (Å²) in [6, 6.07) is 0. The molecule has 8 heteroatoms. The molecule has 0 aromatic carbocycles. The maximum atomic E-state index is 9.10. The Morgan fingerprint density at radius 3 is 1.35 bits per heavy atom. The molecule has 0 radical (unpaired) electrons. The first kappa shape index (κ1) is 18.7. The second-order valence-corrected chi connectivity index (χ2v) is 4.44. The highest BCUT2D eigenvalue weighted by molar-refractivity contribution is 6.35. The predicted molar refractivity (Wildman–Crippen MR) is 61.7 cm³/mol. The summed E-state index contributed by atoms with van der Waals surface area (Å²) in [7, 11) is -1.51. The number of hydrogen-bond donors (Lipinski definition) is 4. The summed E-state index contributed by atoms with van der Waals surface area (Å²) in [6.07, 6.45) is 0. The van der Waals surface area contributed by atoms with Crippen molar-refractivity contribution in [2.75, 3.05) is 0 Å². The monoisotopic (exact) mass is 252 g/mol. The maximum absolute atomic E-state index is 9.10. The van der Waals surface area contributed by atoms with Crippen LogP contribution in [0, 0.1) is 0 Å². The second kappa shape index (κ2) is 7.64. The van der Waals surface area contributed by atoms with Crippen LogP contribution < -0.4 is 0 Å². The van der Waals surface area contributed by atoms with Crippen LogP contribution >= 0.6 is 0 Å². The molecule has 0 aliphatic heterocycles. The molecule has 0 bridgehead atoms. The van der Waals surface area contributed by atoms with E-state index in [4.69, 9.17) is 20.7 Å². The normalized spacial score (nSPS) is 11.4. The van der Waals surface area contributed by atoms with Crippen LogP contribution in [-0.2, 0) is 14.3 Å². The summed E-state index contributed by atoms with van der Waals surface area (Å²) >= 11 is 0. The molecule has 0 aliphatic carbocycles. The zero-order valence-electron chi connectivity index (χ0n) is 10.8. The van der Waals surface area contributed by atoms with E-state index in [1.165, 1.54) is 6.92 Å². The van der Waals surface area contributed by atoms with E-state index in [0.29, 0.717) is 0 Å². The molecule has 0 aliphatic rings. The quantitative estimate of drug-likeness (QED) is 0.250. The van der Waals surface area contributed by atoms with Crippen molar-refractivity contribution in [2.45, 2.75) is 45.8 Å². The SMILES string of the molecule is C=C(C)OB(OO)OO.CC(C)(O)C(C)(C)O. The van der Waals surface area contributed by atoms with Gasteiger partial charge in [-0.25, -0.2) is 9.61 Å². The topological polar surface area (TPSA) is 109 Å². The highest BCUT2D eigenvalue weighted by Crippen LogP contribution is 2.19. The molecule has 17 heavy (non-hydrogen) atoms. The number of hydrogen-bond acceptors (Lipinski definition) is 7. The van der Waals surface area contributed by atoms with Gasteiger partial charge in [-0.1, -0.05) is 6.58 Å². The number of allylic oxidation sites excluding steroid dienone is 1. The van der Waals surface area contributed by atoms with Gasteiger partial charge in [0.15, 0.2) is 0 Å². The van der Waals surface area contributed by atoms with Gasteiger partial charge in [0.1, 0.15) is 0 Å². The van der Waals surface area contributed by atoms with Crippen molar-refractivity contribution < 1.29 is 35.0 Å². The maximum Gasteiger partial charge on any atom is 0.769 e. The van der Waals surface area contributed by atoms with Crippen molar-refractivity contribution in [3.63, 3.8) is 0 Å². The summed E-state index contributed by atoms with van der Waals surface area (Å²) in [5, 5.41) is 33.9. The third-order valence-electron chi connectivity index (χ3n) is 1.97. The Balaban J connectivity index is 0. The fourth-order valence-electron chi connectivity index (χ4n) is 0.227. The molecule has 7 nitrogen and oxygen atoms in total. The zero-order valence-corrected chi connectivity index (χ0v) is 10.8. The molecule has 0 atom stereocenters. The Morgan fingerprint density at radius 1 is 1.00 bits per heavy atom. The molecule has 0 aromatic heterocycles. The molecular weight excluding hydrogens is 231 g/mol. The summed E-state index contributed by atoms with van der Waals surface area (Å²) < 4.78 is 4.41. The molecule has 0 spiro atoms. The van der Waals surface area contributed by atoms with E-state index >= 15 is 0 Å². The lowest BCUT2D eigenvalue weighted by Crippen LogP contribution is -2.44. The van der Waals surface area contributed by atoms with Crippen LogP contribution in [0.15, 0.2) is 12.3 Å². The molecule has 0 aromatic rings. The van der Waals surface area contributed by atoms with Crippen molar-refractivity contribution in [1.82, 2.24) is 0 Å². The van der Waals surface area contributed by atoms with E-state index in [1.807, 2.05) is 0 Å². The van der Waals surface area contributed by atoms with E-state index in [0.717, 1.165) is 0 Å². The van der Waals surface area contributed by atoms with Crippen molar-refractivity contribution >= 4 is 7.32 Å². The summed E-state index contributed by atoms with van der Waals surface area (Å²) in [5.41, 5.74) is -2.01. The molecular formula is C9H21BO7. The second-order valence-electron chi connectivity index (χ2n) is 4.44. The van der Waals surface area contributed by atoms with Gasteiger partial charge in [0, 0.05) is 0 Å². The molecule has 0 saturated heterocycles. The lowest BCUT2D eigenvalue weighted by molar-refractivity contribution is -0.246. The lowest BCUT2D eigenvalue weighted by atomic mass is 9.90. The first-order valence-electron chi connectivity index (χ1n) is 4.83. The van der Waals surface area contributed by atoms with Gasteiger partial charge < -0.3 is 14.9 Å². The summed E-state index contributed by atoms with van der Waals surface area (Å²) in [5.74, 6) is 0.253. The first-order valence-corrected chi connectivity index (χ1v) is 4.83. The largest absolute Gasteiger partial charge is 0.769 e. The van der Waals surface area contributed by atoms with Crippen LogP contribution in [0.5, 0.6) is 0 Å². The fraction of sp³-hybridized carbons (Fsp3) is 0.778. The van der Waals surface area contributed by atoms with Crippen LogP contribution in [0.2, 0.25) is 0 Å². The van der Waals surface area contributed by atoms with E-state index in [1.54, 1.807) is 27.7 Å². The van der Waals surface area contributed by atoms with Gasteiger partial charge in [-0.15, -0.1) is 0 Å². The standard InChI is InChI=1S/C6H14O2.C3H7BO5/c1-5(2,7)6(3,4)8;1-3(2)7-4(8-5)9-6/h7-8H,1-4H3;5-6H,1H2,2H3. The molecule has 0 saturated carbocycles. The molecule has 0 amide bonds. The zero-order chi connectivity index (χ0) is 14.3. The summed E-state index contributed by atoms with van der Waals surface area (Å²) in [6.45, 7) is 11.1. The molecule has 0 rings (SSSR count). The summed E-state index contributed by atoms with van der Waals surface area (Å²) in [4.78, 5) is 6.91. The first-order chi connectivity index (χ1) is 7.45. The average molecular weight is 252 g/mol. The molecule has 0 heterocycles. The van der Waals surface area contributed by atoms with Crippen LogP contribution in [0.1, 0.15) is 34.6 Å². The highest BCUT2D eigenvalue weighted by Gasteiger charge is 2.31. The minimum atomic E-state index is -1.51. The van der Waals surface area contributed by atoms with Crippen LogP contribution in [0.25, 0.3) is 0 Å². The number of rotatable bonds is 5. The Kier molecular flexibility index (Phi) is 8.42. The predicted octanol–water partition coefficient (Wildman–Crippen LogP) is 1.03. The Bertz CT molecular complexity index is 202. The van der Waals surface area contributed by atoms with Gasteiger partial charge in [-0.3, -0.25) is 10.5 Å². The van der Waals surface area contributed by atoms with Crippen molar-refractivity contribution in [3.8, 4) is 0 Å². The van der Waals surface area contributed by atoms with Crippen molar-refractivity contribution in [3.05, 3.63) is 12.3 Å². The lowest BCUT2D eigenvalue weighted by Gasteiger charge is -2.31. The third kappa shape index (κ3) is 10.2. The van der Waals surface area contributed by atoms with Gasteiger partial charge >= 0.3 is 7.32 Å². The Morgan fingerprint density at radius 2 is 1.29 bits per heavy atom. The Hall–Kier alpha value is -0.635. The smallest absolute Gasteiger partial charge is 0.514 e. The van der Waals surface area contributed by atoms with Crippen molar-refractivity contribution in [2.24, 2.45) is 0 Å². The molecule has 4 N–H and O–H groups in total. The van der Waals surface area contributed by atoms with E-state index < -0.39 is 18.5 Å². The van der Waals surface area contributed by atoms with Crippen LogP contribution in [0.3, 0.4) is 0 Å². The van der Waals surface area contributed by atoms with E-state index in [2.05, 4.69) is 20.8 Å². The van der Waals surface area contributed by atoms with Crippen molar-refractivity contribution in [1.29, 1.82) is 0 Å². The Labute approximate surface area is 101 Å². The van der Waals surface area contributed by atoms with E-state index in [-0.39, 0.29) is 5.76 Å². The number of aliphatic hydroxyl groups is 2.